The zero-order valence-electron chi connectivity index (χ0n) is 14.4. The lowest BCUT2D eigenvalue weighted by atomic mass is 10.3. The Morgan fingerprint density at radius 3 is 2.58 bits per heavy atom. The van der Waals surface area contributed by atoms with Gasteiger partial charge < -0.3 is 15.8 Å². The van der Waals surface area contributed by atoms with Crippen LogP contribution in [0.2, 0.25) is 5.02 Å². The number of carbonyl (C=O) groups excluding carboxylic acids is 2. The lowest BCUT2D eigenvalue weighted by molar-refractivity contribution is -0.115. The molecular weight excluding hydrogens is 376 g/mol. The van der Waals surface area contributed by atoms with E-state index in [1.165, 1.54) is 18.0 Å². The van der Waals surface area contributed by atoms with Crippen molar-refractivity contribution in [3.8, 4) is 0 Å². The summed E-state index contributed by atoms with van der Waals surface area (Å²) in [5, 5.41) is 3.31. The number of ether oxygens (including phenoxy) is 1. The van der Waals surface area contributed by atoms with Gasteiger partial charge in [-0.25, -0.2) is 14.8 Å². The molecule has 0 radical (unpaired) electrons. The fourth-order valence-corrected chi connectivity index (χ4v) is 2.98. The molecule has 0 spiro atoms. The minimum absolute atomic E-state index is 0.0221. The van der Waals surface area contributed by atoms with E-state index in [1.54, 1.807) is 31.2 Å². The molecule has 1 heterocycles. The molecule has 1 amide bonds. The number of halogens is 1. The molecule has 7 nitrogen and oxygen atoms in total. The van der Waals surface area contributed by atoms with Crippen LogP contribution < -0.4 is 11.1 Å². The van der Waals surface area contributed by atoms with Crippen molar-refractivity contribution in [2.24, 2.45) is 0 Å². The summed E-state index contributed by atoms with van der Waals surface area (Å²) in [5.41, 5.74) is 6.56. The molecule has 1 aromatic carbocycles. The molecule has 0 aliphatic rings. The number of nitrogens with one attached hydrogen (secondary N) is 1. The largest absolute Gasteiger partial charge is 0.462 e. The molecule has 0 bridgehead atoms. The first-order chi connectivity index (χ1) is 12.4. The fourth-order valence-electron chi connectivity index (χ4n) is 2.01. The Bertz CT molecular complexity index is 786. The maximum Gasteiger partial charge on any atom is 0.343 e. The number of thioether (sulfide) groups is 1. The third-order valence-electron chi connectivity index (χ3n) is 3.31. The second-order valence-electron chi connectivity index (χ2n) is 5.18. The van der Waals surface area contributed by atoms with E-state index in [1.807, 2.05) is 6.92 Å². The van der Waals surface area contributed by atoms with Gasteiger partial charge in [0.15, 0.2) is 5.16 Å². The first kappa shape index (κ1) is 20.0. The van der Waals surface area contributed by atoms with Gasteiger partial charge in [-0.05, 0) is 37.6 Å². The van der Waals surface area contributed by atoms with Gasteiger partial charge in [-0.1, -0.05) is 30.3 Å². The van der Waals surface area contributed by atoms with E-state index in [4.69, 9.17) is 22.1 Å². The molecule has 1 atom stereocenters. The van der Waals surface area contributed by atoms with Crippen molar-refractivity contribution in [3.05, 3.63) is 41.0 Å². The van der Waals surface area contributed by atoms with Gasteiger partial charge in [0, 0.05) is 16.9 Å². The van der Waals surface area contributed by atoms with E-state index in [0.29, 0.717) is 22.3 Å². The molecule has 3 N–H and O–H groups in total. The van der Waals surface area contributed by atoms with E-state index in [0.717, 1.165) is 0 Å². The van der Waals surface area contributed by atoms with Crippen molar-refractivity contribution >= 4 is 46.7 Å². The molecule has 0 aliphatic carbocycles. The Labute approximate surface area is 160 Å². The minimum atomic E-state index is -0.575. The predicted octanol–water partition coefficient (Wildman–Crippen LogP) is 3.40. The van der Waals surface area contributed by atoms with Gasteiger partial charge in [-0.15, -0.1) is 0 Å². The van der Waals surface area contributed by atoms with Crippen LogP contribution in [0.25, 0.3) is 0 Å². The van der Waals surface area contributed by atoms with Crippen molar-refractivity contribution in [1.29, 1.82) is 0 Å². The highest BCUT2D eigenvalue weighted by Gasteiger charge is 2.21. The Morgan fingerprint density at radius 1 is 1.31 bits per heavy atom. The van der Waals surface area contributed by atoms with Gasteiger partial charge in [0.2, 0.25) is 5.91 Å². The quantitative estimate of drug-likeness (QED) is 0.421. The van der Waals surface area contributed by atoms with Gasteiger partial charge in [0.05, 0.1) is 11.9 Å². The van der Waals surface area contributed by atoms with Gasteiger partial charge in [0.1, 0.15) is 11.4 Å². The van der Waals surface area contributed by atoms with Crippen LogP contribution in [0, 0.1) is 0 Å². The average molecular weight is 395 g/mol. The number of benzene rings is 1. The highest BCUT2D eigenvalue weighted by Crippen LogP contribution is 2.25. The normalized spacial score (nSPS) is 11.7. The van der Waals surface area contributed by atoms with Crippen LogP contribution in [0.15, 0.2) is 35.6 Å². The number of carbonyl (C=O) groups is 2. The lowest BCUT2D eigenvalue weighted by Crippen LogP contribution is -2.25. The van der Waals surface area contributed by atoms with Crippen LogP contribution in [0.4, 0.5) is 11.5 Å². The van der Waals surface area contributed by atoms with Crippen molar-refractivity contribution in [1.82, 2.24) is 9.97 Å². The molecule has 1 aromatic heterocycles. The van der Waals surface area contributed by atoms with Crippen LogP contribution in [-0.4, -0.2) is 33.7 Å². The number of hydrogen-bond acceptors (Lipinski definition) is 7. The summed E-state index contributed by atoms with van der Waals surface area (Å²) in [6.45, 7) is 3.82. The van der Waals surface area contributed by atoms with Crippen LogP contribution in [0.5, 0.6) is 0 Å². The predicted molar refractivity (Wildman–Crippen MR) is 102 cm³/mol. The lowest BCUT2D eigenvalue weighted by Gasteiger charge is -2.14. The molecule has 2 rings (SSSR count). The van der Waals surface area contributed by atoms with Gasteiger partial charge in [-0.3, -0.25) is 4.79 Å². The second kappa shape index (κ2) is 9.40. The smallest absolute Gasteiger partial charge is 0.343 e. The Balaban J connectivity index is 2.06. The molecule has 26 heavy (non-hydrogen) atoms. The average Bonchev–Trinajstić information content (AvgIpc) is 2.61. The van der Waals surface area contributed by atoms with E-state index >= 15 is 0 Å². The zero-order valence-corrected chi connectivity index (χ0v) is 15.9. The van der Waals surface area contributed by atoms with Crippen LogP contribution in [0.3, 0.4) is 0 Å². The number of aromatic nitrogens is 2. The molecule has 138 valence electrons. The summed E-state index contributed by atoms with van der Waals surface area (Å²) in [7, 11) is 0. The topological polar surface area (TPSA) is 107 Å². The summed E-state index contributed by atoms with van der Waals surface area (Å²) >= 11 is 7.01. The molecule has 2 aromatic rings. The van der Waals surface area contributed by atoms with Crippen molar-refractivity contribution in [3.63, 3.8) is 0 Å². The number of hydrogen-bond donors (Lipinski definition) is 2. The molecule has 9 heteroatoms. The summed E-state index contributed by atoms with van der Waals surface area (Å²) in [6, 6.07) is 6.84. The summed E-state index contributed by atoms with van der Waals surface area (Å²) in [6.07, 6.45) is 1.87. The van der Waals surface area contributed by atoms with E-state index in [9.17, 15) is 9.59 Å². The molecular formula is C17H19ClN4O3S. The fraction of sp³-hybridized carbons (Fsp3) is 0.294. The molecule has 0 saturated heterocycles. The summed E-state index contributed by atoms with van der Waals surface area (Å²) in [4.78, 5) is 32.4. The zero-order chi connectivity index (χ0) is 19.1. The standard InChI is InChI=1S/C17H19ClN4O3S/c1-3-13(15(23)21-11-7-5-10(18)6-8-11)26-17-20-9-12(14(19)22-17)16(24)25-4-2/h5-9,13H,3-4H2,1-2H3,(H,21,23)(H2,19,20,22)/t13-/m1/s1. The van der Waals surface area contributed by atoms with Crippen molar-refractivity contribution in [2.75, 3.05) is 17.7 Å². The monoisotopic (exact) mass is 394 g/mol. The van der Waals surface area contributed by atoms with Crippen LogP contribution >= 0.6 is 23.4 Å². The van der Waals surface area contributed by atoms with Gasteiger partial charge in [0.25, 0.3) is 0 Å². The first-order valence-electron chi connectivity index (χ1n) is 7.97. The highest BCUT2D eigenvalue weighted by atomic mass is 35.5. The minimum Gasteiger partial charge on any atom is -0.462 e. The number of esters is 1. The Hall–Kier alpha value is -2.32. The molecule has 0 aliphatic heterocycles. The number of rotatable bonds is 7. The van der Waals surface area contributed by atoms with E-state index < -0.39 is 11.2 Å². The third kappa shape index (κ3) is 5.34. The van der Waals surface area contributed by atoms with Crippen LogP contribution in [0.1, 0.15) is 30.6 Å². The first-order valence-corrected chi connectivity index (χ1v) is 9.23. The molecule has 0 fully saturated rings. The number of nitrogens with two attached hydrogens (primary N) is 1. The SMILES string of the molecule is CCOC(=O)c1cnc(S[C@H](CC)C(=O)Nc2ccc(Cl)cc2)nc1N. The van der Waals surface area contributed by atoms with Crippen LogP contribution in [-0.2, 0) is 9.53 Å². The van der Waals surface area contributed by atoms with Gasteiger partial charge >= 0.3 is 5.97 Å². The number of amides is 1. The number of nitrogen functional groups attached to an aromatic ring is 1. The maximum atomic E-state index is 12.5. The Morgan fingerprint density at radius 2 is 2.00 bits per heavy atom. The third-order valence-corrected chi connectivity index (χ3v) is 4.81. The molecule has 0 saturated carbocycles. The number of nitrogens with zero attached hydrogens (tertiary/aromatic N) is 2. The van der Waals surface area contributed by atoms with E-state index in [2.05, 4.69) is 15.3 Å². The van der Waals surface area contributed by atoms with Gasteiger partial charge in [-0.2, -0.15) is 0 Å². The Kier molecular flexibility index (Phi) is 7.23. The maximum absolute atomic E-state index is 12.5. The van der Waals surface area contributed by atoms with Crippen molar-refractivity contribution in [2.45, 2.75) is 30.7 Å². The second-order valence-corrected chi connectivity index (χ2v) is 6.79. The van der Waals surface area contributed by atoms with Crippen molar-refractivity contribution < 1.29 is 14.3 Å². The highest BCUT2D eigenvalue weighted by molar-refractivity contribution is 8.00. The van der Waals surface area contributed by atoms with E-state index in [-0.39, 0.29) is 23.9 Å². The summed E-state index contributed by atoms with van der Waals surface area (Å²) < 4.78 is 4.88. The molecule has 0 unspecified atom stereocenters. The summed E-state index contributed by atoms with van der Waals surface area (Å²) in [5.74, 6) is -0.737. The number of anilines is 2.